The average molecular weight is 392 g/mol. The summed E-state index contributed by atoms with van der Waals surface area (Å²) in [7, 11) is 0. The van der Waals surface area contributed by atoms with Crippen LogP contribution in [0.2, 0.25) is 0 Å². The van der Waals surface area contributed by atoms with E-state index in [-0.39, 0.29) is 5.91 Å². The Bertz CT molecular complexity index is 850. The second-order valence-corrected chi connectivity index (χ2v) is 6.95. The number of fused-ring (bicyclic) bond motifs is 1. The number of oxazole rings is 1. The zero-order chi connectivity index (χ0) is 16.2. The summed E-state index contributed by atoms with van der Waals surface area (Å²) in [5, 5.41) is 2.88. The number of nitrogens with one attached hydrogen (secondary N) is 1. The molecule has 1 aromatic carbocycles. The standard InChI is InChI=1S/C16H14BrN3O2S/c1-2-23-9-14(21)19-12-5-3-4-10(6-12)16-20-15-13(22-16)7-11(17)8-18-15/h3-8H,2,9H2,1H3,(H,19,21). The fraction of sp³-hybridized carbons (Fsp3) is 0.188. The number of thioether (sulfide) groups is 1. The summed E-state index contributed by atoms with van der Waals surface area (Å²) in [6, 6.07) is 9.25. The van der Waals surface area contributed by atoms with Crippen molar-refractivity contribution in [2.24, 2.45) is 0 Å². The molecule has 1 N–H and O–H groups in total. The summed E-state index contributed by atoms with van der Waals surface area (Å²) < 4.78 is 6.57. The van der Waals surface area contributed by atoms with Crippen LogP contribution < -0.4 is 5.32 Å². The molecule has 0 aliphatic carbocycles. The first-order valence-electron chi connectivity index (χ1n) is 7.06. The highest BCUT2D eigenvalue weighted by Crippen LogP contribution is 2.26. The van der Waals surface area contributed by atoms with Crippen LogP contribution in [0.25, 0.3) is 22.7 Å². The van der Waals surface area contributed by atoms with Crippen LogP contribution in [0.1, 0.15) is 6.92 Å². The van der Waals surface area contributed by atoms with Crippen molar-refractivity contribution in [2.75, 3.05) is 16.8 Å². The van der Waals surface area contributed by atoms with E-state index in [1.807, 2.05) is 37.3 Å². The van der Waals surface area contributed by atoms with Gasteiger partial charge in [0.1, 0.15) is 0 Å². The van der Waals surface area contributed by atoms with E-state index >= 15 is 0 Å². The van der Waals surface area contributed by atoms with E-state index < -0.39 is 0 Å². The molecule has 23 heavy (non-hydrogen) atoms. The first-order valence-corrected chi connectivity index (χ1v) is 9.00. The highest BCUT2D eigenvalue weighted by molar-refractivity contribution is 9.10. The number of halogens is 1. The molecule has 0 saturated carbocycles. The number of rotatable bonds is 5. The van der Waals surface area contributed by atoms with Gasteiger partial charge in [0.05, 0.1) is 5.75 Å². The molecule has 0 unspecified atom stereocenters. The SMILES string of the molecule is CCSCC(=O)Nc1cccc(-c2nc3ncc(Br)cc3o2)c1. The lowest BCUT2D eigenvalue weighted by molar-refractivity contribution is -0.113. The van der Waals surface area contributed by atoms with Crippen molar-refractivity contribution in [3.63, 3.8) is 0 Å². The first-order chi connectivity index (χ1) is 11.2. The molecule has 3 rings (SSSR count). The fourth-order valence-corrected chi connectivity index (χ4v) is 2.81. The predicted octanol–water partition coefficient (Wildman–Crippen LogP) is 4.34. The van der Waals surface area contributed by atoms with E-state index in [4.69, 9.17) is 4.42 Å². The molecule has 1 amide bonds. The van der Waals surface area contributed by atoms with E-state index in [2.05, 4.69) is 31.2 Å². The molecule has 3 aromatic rings. The number of aromatic nitrogens is 2. The van der Waals surface area contributed by atoms with E-state index in [1.54, 1.807) is 18.0 Å². The van der Waals surface area contributed by atoms with Crippen molar-refractivity contribution in [3.05, 3.63) is 41.0 Å². The molecule has 0 aliphatic rings. The minimum absolute atomic E-state index is 0.0165. The second kappa shape index (κ2) is 7.14. The van der Waals surface area contributed by atoms with Gasteiger partial charge in [0, 0.05) is 28.0 Å². The number of benzene rings is 1. The average Bonchev–Trinajstić information content (AvgIpc) is 2.96. The Balaban J connectivity index is 1.84. The van der Waals surface area contributed by atoms with Gasteiger partial charge in [-0.1, -0.05) is 13.0 Å². The zero-order valence-electron chi connectivity index (χ0n) is 12.4. The summed E-state index contributed by atoms with van der Waals surface area (Å²) >= 11 is 4.94. The lowest BCUT2D eigenvalue weighted by Crippen LogP contribution is -2.14. The molecule has 2 aromatic heterocycles. The molecule has 118 valence electrons. The summed E-state index contributed by atoms with van der Waals surface area (Å²) in [6.07, 6.45) is 1.68. The minimum Gasteiger partial charge on any atom is -0.434 e. The van der Waals surface area contributed by atoms with E-state index in [9.17, 15) is 4.79 Å². The van der Waals surface area contributed by atoms with Crippen molar-refractivity contribution in [3.8, 4) is 11.5 Å². The number of pyridine rings is 1. The number of carbonyl (C=O) groups excluding carboxylic acids is 1. The van der Waals surface area contributed by atoms with Crippen molar-refractivity contribution >= 4 is 50.5 Å². The smallest absolute Gasteiger partial charge is 0.234 e. The quantitative estimate of drug-likeness (QED) is 0.700. The normalized spacial score (nSPS) is 10.9. The Morgan fingerprint density at radius 3 is 3.09 bits per heavy atom. The number of amides is 1. The Kier molecular flexibility index (Phi) is 4.97. The number of anilines is 1. The van der Waals surface area contributed by atoms with Gasteiger partial charge in [0.2, 0.25) is 11.8 Å². The molecule has 0 atom stereocenters. The van der Waals surface area contributed by atoms with Crippen LogP contribution in [0.4, 0.5) is 5.69 Å². The van der Waals surface area contributed by atoms with Crippen LogP contribution >= 0.6 is 27.7 Å². The number of carbonyl (C=O) groups is 1. The number of nitrogens with zero attached hydrogens (tertiary/aromatic N) is 2. The van der Waals surface area contributed by atoms with Gasteiger partial charge >= 0.3 is 0 Å². The first kappa shape index (κ1) is 16.0. The van der Waals surface area contributed by atoms with Crippen molar-refractivity contribution in [1.29, 1.82) is 0 Å². The molecule has 0 radical (unpaired) electrons. The largest absolute Gasteiger partial charge is 0.434 e. The predicted molar refractivity (Wildman–Crippen MR) is 96.6 cm³/mol. The van der Waals surface area contributed by atoms with Crippen molar-refractivity contribution < 1.29 is 9.21 Å². The molecule has 5 nitrogen and oxygen atoms in total. The molecule has 0 fully saturated rings. The van der Waals surface area contributed by atoms with E-state index in [0.717, 1.165) is 21.5 Å². The van der Waals surface area contributed by atoms with Gasteiger partial charge in [-0.15, -0.1) is 0 Å². The maximum Gasteiger partial charge on any atom is 0.234 e. The number of hydrogen-bond donors (Lipinski definition) is 1. The molecule has 2 heterocycles. The van der Waals surface area contributed by atoms with Gasteiger partial charge in [-0.2, -0.15) is 16.7 Å². The fourth-order valence-electron chi connectivity index (χ4n) is 2.04. The van der Waals surface area contributed by atoms with Crippen LogP contribution in [0.3, 0.4) is 0 Å². The third-order valence-corrected chi connectivity index (χ3v) is 4.35. The Labute approximate surface area is 146 Å². The van der Waals surface area contributed by atoms with Crippen LogP contribution in [-0.2, 0) is 4.79 Å². The van der Waals surface area contributed by atoms with Gasteiger partial charge in [0.15, 0.2) is 11.2 Å². The maximum atomic E-state index is 11.8. The van der Waals surface area contributed by atoms with E-state index in [1.165, 1.54) is 0 Å². The summed E-state index contributed by atoms with van der Waals surface area (Å²) in [5.41, 5.74) is 2.68. The highest BCUT2D eigenvalue weighted by Gasteiger charge is 2.11. The van der Waals surface area contributed by atoms with Gasteiger partial charge in [-0.3, -0.25) is 4.79 Å². The molecule has 0 spiro atoms. The molecule has 0 aliphatic heterocycles. The van der Waals surface area contributed by atoms with Gasteiger partial charge in [0.25, 0.3) is 0 Å². The van der Waals surface area contributed by atoms with Crippen molar-refractivity contribution in [2.45, 2.75) is 6.92 Å². The summed E-state index contributed by atoms with van der Waals surface area (Å²) in [5.74, 6) is 1.82. The van der Waals surface area contributed by atoms with Crippen LogP contribution in [0, 0.1) is 0 Å². The lowest BCUT2D eigenvalue weighted by atomic mass is 10.2. The molecule has 7 heteroatoms. The lowest BCUT2D eigenvalue weighted by Gasteiger charge is -2.05. The third kappa shape index (κ3) is 3.92. The monoisotopic (exact) mass is 391 g/mol. The maximum absolute atomic E-state index is 11.8. The Morgan fingerprint density at radius 2 is 2.26 bits per heavy atom. The van der Waals surface area contributed by atoms with Gasteiger partial charge < -0.3 is 9.73 Å². The van der Waals surface area contributed by atoms with Gasteiger partial charge in [-0.25, -0.2) is 4.98 Å². The third-order valence-electron chi connectivity index (χ3n) is 3.04. The molecular formula is C16H14BrN3O2S. The van der Waals surface area contributed by atoms with E-state index in [0.29, 0.717) is 22.9 Å². The van der Waals surface area contributed by atoms with Crippen LogP contribution in [0.15, 0.2) is 45.4 Å². The zero-order valence-corrected chi connectivity index (χ0v) is 14.8. The number of hydrogen-bond acceptors (Lipinski definition) is 5. The molecule has 0 bridgehead atoms. The minimum atomic E-state index is -0.0165. The topological polar surface area (TPSA) is 68.0 Å². The van der Waals surface area contributed by atoms with Crippen LogP contribution in [0.5, 0.6) is 0 Å². The molecule has 0 saturated heterocycles. The Morgan fingerprint density at radius 1 is 1.39 bits per heavy atom. The summed E-state index contributed by atoms with van der Waals surface area (Å²) in [6.45, 7) is 2.03. The summed E-state index contributed by atoms with van der Waals surface area (Å²) in [4.78, 5) is 20.4. The van der Waals surface area contributed by atoms with Gasteiger partial charge in [-0.05, 0) is 39.9 Å². The van der Waals surface area contributed by atoms with Crippen LogP contribution in [-0.4, -0.2) is 27.4 Å². The van der Waals surface area contributed by atoms with Crippen molar-refractivity contribution in [1.82, 2.24) is 9.97 Å². The second-order valence-electron chi connectivity index (χ2n) is 4.76. The highest BCUT2D eigenvalue weighted by atomic mass is 79.9. The Hall–Kier alpha value is -1.86. The molecular weight excluding hydrogens is 378 g/mol.